The third-order valence-electron chi connectivity index (χ3n) is 3.63. The molecule has 2 aromatic rings. The second-order valence-electron chi connectivity index (χ2n) is 4.94. The van der Waals surface area contributed by atoms with Crippen LogP contribution in [-0.2, 0) is 4.74 Å². The molecule has 106 valence electrons. The molecule has 2 atom stereocenters. The largest absolute Gasteiger partial charge is 0.378 e. The molecule has 6 heteroatoms. The molecule has 6 nitrogen and oxygen atoms in total. The van der Waals surface area contributed by atoms with Gasteiger partial charge in [0.1, 0.15) is 0 Å². The van der Waals surface area contributed by atoms with E-state index in [4.69, 9.17) is 15.0 Å². The Labute approximate surface area is 117 Å². The Morgan fingerprint density at radius 3 is 2.90 bits per heavy atom. The number of anilines is 1. The van der Waals surface area contributed by atoms with E-state index in [1.807, 2.05) is 35.2 Å². The number of piperidine rings is 1. The lowest BCUT2D eigenvalue weighted by Crippen LogP contribution is -2.51. The minimum absolute atomic E-state index is 0.00225. The van der Waals surface area contributed by atoms with Crippen molar-refractivity contribution >= 4 is 5.95 Å². The number of rotatable bonds is 3. The van der Waals surface area contributed by atoms with Crippen molar-refractivity contribution < 1.29 is 9.26 Å². The van der Waals surface area contributed by atoms with E-state index in [1.54, 1.807) is 7.11 Å². The fraction of sp³-hybridized carbons (Fsp3) is 0.429. The molecule has 0 amide bonds. The topological polar surface area (TPSA) is 77.4 Å². The van der Waals surface area contributed by atoms with Crippen molar-refractivity contribution in [2.45, 2.75) is 18.6 Å². The third-order valence-corrected chi connectivity index (χ3v) is 3.63. The van der Waals surface area contributed by atoms with E-state index in [0.717, 1.165) is 18.5 Å². The Bertz CT molecular complexity index is 557. The van der Waals surface area contributed by atoms with Crippen molar-refractivity contribution in [2.75, 3.05) is 25.1 Å². The molecule has 0 bridgehead atoms. The molecular formula is C14H18N4O2. The Kier molecular flexibility index (Phi) is 3.66. The first kappa shape index (κ1) is 13.1. The molecule has 0 spiro atoms. The molecule has 1 aliphatic rings. The number of aromatic nitrogens is 2. The number of hydrogen-bond acceptors (Lipinski definition) is 6. The fourth-order valence-corrected chi connectivity index (χ4v) is 2.41. The lowest BCUT2D eigenvalue weighted by atomic mass is 10.0. The molecular weight excluding hydrogens is 256 g/mol. The maximum Gasteiger partial charge on any atom is 0.266 e. The number of methoxy groups -OCH3 is 1. The Morgan fingerprint density at radius 1 is 1.35 bits per heavy atom. The van der Waals surface area contributed by atoms with Gasteiger partial charge in [-0.1, -0.05) is 18.2 Å². The van der Waals surface area contributed by atoms with Gasteiger partial charge in [-0.2, -0.15) is 4.98 Å². The van der Waals surface area contributed by atoms with Gasteiger partial charge in [-0.05, 0) is 23.7 Å². The Morgan fingerprint density at radius 2 is 2.15 bits per heavy atom. The summed E-state index contributed by atoms with van der Waals surface area (Å²) in [5.41, 5.74) is 6.93. The molecule has 0 saturated carbocycles. The SMILES string of the molecule is CO[C@H]1CN(c2noc(-c3ccccc3)n2)CC[C@H]1N. The van der Waals surface area contributed by atoms with Gasteiger partial charge >= 0.3 is 0 Å². The van der Waals surface area contributed by atoms with Gasteiger partial charge in [-0.15, -0.1) is 0 Å². The minimum Gasteiger partial charge on any atom is -0.378 e. The van der Waals surface area contributed by atoms with Crippen LogP contribution < -0.4 is 10.6 Å². The van der Waals surface area contributed by atoms with Crippen LogP contribution >= 0.6 is 0 Å². The maximum absolute atomic E-state index is 6.01. The van der Waals surface area contributed by atoms with Crippen LogP contribution in [0, 0.1) is 0 Å². The van der Waals surface area contributed by atoms with Gasteiger partial charge in [0.2, 0.25) is 0 Å². The van der Waals surface area contributed by atoms with E-state index in [2.05, 4.69) is 10.1 Å². The summed E-state index contributed by atoms with van der Waals surface area (Å²) < 4.78 is 10.7. The summed E-state index contributed by atoms with van der Waals surface area (Å²) in [7, 11) is 1.68. The van der Waals surface area contributed by atoms with Gasteiger partial charge in [0.05, 0.1) is 6.10 Å². The van der Waals surface area contributed by atoms with Crippen molar-refractivity contribution in [3.63, 3.8) is 0 Å². The highest BCUT2D eigenvalue weighted by Gasteiger charge is 2.28. The average Bonchev–Trinajstić information content (AvgIpc) is 2.98. The van der Waals surface area contributed by atoms with Crippen LogP contribution in [0.4, 0.5) is 5.95 Å². The van der Waals surface area contributed by atoms with Crippen LogP contribution in [-0.4, -0.2) is 42.5 Å². The molecule has 0 radical (unpaired) electrons. The van der Waals surface area contributed by atoms with Gasteiger partial charge in [0.15, 0.2) is 0 Å². The van der Waals surface area contributed by atoms with Crippen LogP contribution in [0.2, 0.25) is 0 Å². The molecule has 1 aliphatic heterocycles. The van der Waals surface area contributed by atoms with Gasteiger partial charge in [0, 0.05) is 31.8 Å². The van der Waals surface area contributed by atoms with Crippen molar-refractivity contribution in [3.8, 4) is 11.5 Å². The van der Waals surface area contributed by atoms with E-state index >= 15 is 0 Å². The molecule has 1 aromatic carbocycles. The van der Waals surface area contributed by atoms with Crippen LogP contribution in [0.15, 0.2) is 34.9 Å². The van der Waals surface area contributed by atoms with E-state index in [0.29, 0.717) is 18.4 Å². The Hall–Kier alpha value is -1.92. The normalized spacial score (nSPS) is 23.0. The number of nitrogens with zero attached hydrogens (tertiary/aromatic N) is 3. The van der Waals surface area contributed by atoms with Gasteiger partial charge in [-0.25, -0.2) is 0 Å². The van der Waals surface area contributed by atoms with E-state index < -0.39 is 0 Å². The summed E-state index contributed by atoms with van der Waals surface area (Å²) in [6, 6.07) is 9.80. The van der Waals surface area contributed by atoms with Crippen LogP contribution in [0.3, 0.4) is 0 Å². The summed E-state index contributed by atoms with van der Waals surface area (Å²) in [6.45, 7) is 1.50. The first-order valence-corrected chi connectivity index (χ1v) is 6.70. The van der Waals surface area contributed by atoms with Crippen molar-refractivity contribution in [2.24, 2.45) is 5.73 Å². The van der Waals surface area contributed by atoms with Crippen molar-refractivity contribution in [3.05, 3.63) is 30.3 Å². The van der Waals surface area contributed by atoms with Crippen LogP contribution in [0.25, 0.3) is 11.5 Å². The summed E-state index contributed by atoms with van der Waals surface area (Å²) in [4.78, 5) is 6.50. The van der Waals surface area contributed by atoms with E-state index in [9.17, 15) is 0 Å². The summed E-state index contributed by atoms with van der Waals surface area (Å²) >= 11 is 0. The third kappa shape index (κ3) is 2.52. The molecule has 0 aliphatic carbocycles. The molecule has 20 heavy (non-hydrogen) atoms. The summed E-state index contributed by atoms with van der Waals surface area (Å²) in [6.07, 6.45) is 0.857. The standard InChI is InChI=1S/C14H18N4O2/c1-19-12-9-18(8-7-11(12)15)14-16-13(20-17-14)10-5-3-2-4-6-10/h2-6,11-12H,7-9,15H2,1H3/t11-,12+/m1/s1. The molecule has 2 heterocycles. The zero-order chi connectivity index (χ0) is 13.9. The van der Waals surface area contributed by atoms with E-state index in [-0.39, 0.29) is 12.1 Å². The second kappa shape index (κ2) is 5.60. The minimum atomic E-state index is 0.00225. The van der Waals surface area contributed by atoms with Crippen molar-refractivity contribution in [1.82, 2.24) is 10.1 Å². The lowest BCUT2D eigenvalue weighted by Gasteiger charge is -2.34. The first-order chi connectivity index (χ1) is 9.78. The van der Waals surface area contributed by atoms with Gasteiger partial charge in [0.25, 0.3) is 11.8 Å². The van der Waals surface area contributed by atoms with Crippen molar-refractivity contribution in [1.29, 1.82) is 0 Å². The summed E-state index contributed by atoms with van der Waals surface area (Å²) in [5, 5.41) is 4.05. The molecule has 3 rings (SSSR count). The molecule has 1 fully saturated rings. The molecule has 0 unspecified atom stereocenters. The highest BCUT2D eigenvalue weighted by Crippen LogP contribution is 2.22. The summed E-state index contributed by atoms with van der Waals surface area (Å²) in [5.74, 6) is 1.13. The molecule has 2 N–H and O–H groups in total. The highest BCUT2D eigenvalue weighted by atomic mass is 16.5. The zero-order valence-electron chi connectivity index (χ0n) is 11.4. The van der Waals surface area contributed by atoms with Gasteiger partial charge < -0.3 is 19.9 Å². The lowest BCUT2D eigenvalue weighted by molar-refractivity contribution is 0.0725. The maximum atomic E-state index is 6.01. The first-order valence-electron chi connectivity index (χ1n) is 6.70. The smallest absolute Gasteiger partial charge is 0.266 e. The second-order valence-corrected chi connectivity index (χ2v) is 4.94. The zero-order valence-corrected chi connectivity index (χ0v) is 11.4. The molecule has 1 saturated heterocycles. The van der Waals surface area contributed by atoms with Gasteiger partial charge in [-0.3, -0.25) is 0 Å². The van der Waals surface area contributed by atoms with Crippen LogP contribution in [0.5, 0.6) is 0 Å². The fourth-order valence-electron chi connectivity index (χ4n) is 2.41. The van der Waals surface area contributed by atoms with E-state index in [1.165, 1.54) is 0 Å². The number of hydrogen-bond donors (Lipinski definition) is 1. The number of nitrogens with two attached hydrogens (primary N) is 1. The molecule has 1 aromatic heterocycles. The predicted octanol–water partition coefficient (Wildman–Crippen LogP) is 1.29. The average molecular weight is 274 g/mol. The number of ether oxygens (including phenoxy) is 1. The highest BCUT2D eigenvalue weighted by molar-refractivity contribution is 5.54. The monoisotopic (exact) mass is 274 g/mol. The van der Waals surface area contributed by atoms with Crippen LogP contribution in [0.1, 0.15) is 6.42 Å². The number of benzene rings is 1. The quantitative estimate of drug-likeness (QED) is 0.908. The predicted molar refractivity (Wildman–Crippen MR) is 75.3 cm³/mol. The Balaban J connectivity index is 1.77.